The Morgan fingerprint density at radius 2 is 1.42 bits per heavy atom. The van der Waals surface area contributed by atoms with E-state index in [0.717, 1.165) is 12.8 Å². The fourth-order valence-corrected chi connectivity index (χ4v) is 3.72. The van der Waals surface area contributed by atoms with Crippen molar-refractivity contribution in [2.75, 3.05) is 13.2 Å². The van der Waals surface area contributed by atoms with E-state index in [2.05, 4.69) is 19.1 Å². The number of esters is 1. The van der Waals surface area contributed by atoms with Gasteiger partial charge in [-0.15, -0.1) is 0 Å². The topological polar surface area (TPSA) is 76.0 Å². The maximum absolute atomic E-state index is 11.7. The van der Waals surface area contributed by atoms with Gasteiger partial charge >= 0.3 is 5.97 Å². The van der Waals surface area contributed by atoms with Crippen LogP contribution in [-0.2, 0) is 14.3 Å². The molecule has 0 aliphatic carbocycles. The predicted octanol–water partition coefficient (Wildman–Crippen LogP) is 6.88. The van der Waals surface area contributed by atoms with Gasteiger partial charge in [0.15, 0.2) is 0 Å². The first-order chi connectivity index (χ1) is 15.8. The third kappa shape index (κ3) is 22.6. The monoisotopic (exact) mass is 470 g/mol. The van der Waals surface area contributed by atoms with Crippen molar-refractivity contribution in [2.24, 2.45) is 0 Å². The van der Waals surface area contributed by atoms with Crippen LogP contribution in [0.4, 0.5) is 0 Å². The summed E-state index contributed by atoms with van der Waals surface area (Å²) in [6.45, 7) is 8.07. The molecule has 0 fully saturated rings. The lowest BCUT2D eigenvalue weighted by atomic mass is 10.0. The van der Waals surface area contributed by atoms with Crippen LogP contribution in [0.1, 0.15) is 130 Å². The van der Waals surface area contributed by atoms with Crippen molar-refractivity contribution in [3.63, 3.8) is 0 Å². The van der Waals surface area contributed by atoms with Crippen molar-refractivity contribution < 1.29 is 24.5 Å². The predicted molar refractivity (Wildman–Crippen MR) is 137 cm³/mol. The van der Waals surface area contributed by atoms with Gasteiger partial charge in [-0.2, -0.15) is 0 Å². The van der Waals surface area contributed by atoms with Crippen LogP contribution < -0.4 is 0 Å². The zero-order chi connectivity index (χ0) is 24.8. The van der Waals surface area contributed by atoms with E-state index in [1.54, 1.807) is 0 Å². The van der Waals surface area contributed by atoms with E-state index >= 15 is 0 Å². The first kappa shape index (κ1) is 32.1. The molecule has 33 heavy (non-hydrogen) atoms. The van der Waals surface area contributed by atoms with Crippen LogP contribution in [0.25, 0.3) is 0 Å². The molecule has 0 aliphatic heterocycles. The van der Waals surface area contributed by atoms with Gasteiger partial charge in [-0.1, -0.05) is 70.4 Å². The Hall–Kier alpha value is -0.910. The van der Waals surface area contributed by atoms with Gasteiger partial charge in [0.2, 0.25) is 0 Å². The number of rotatable bonds is 22. The molecule has 0 aromatic heterocycles. The molecule has 0 spiro atoms. The summed E-state index contributed by atoms with van der Waals surface area (Å²) in [4.78, 5) is 11.7. The molecule has 196 valence electrons. The van der Waals surface area contributed by atoms with Crippen LogP contribution >= 0.6 is 0 Å². The molecule has 5 nitrogen and oxygen atoms in total. The Balaban J connectivity index is 3.61. The van der Waals surface area contributed by atoms with Crippen LogP contribution in [0.3, 0.4) is 0 Å². The first-order valence-corrected chi connectivity index (χ1v) is 13.6. The van der Waals surface area contributed by atoms with Crippen molar-refractivity contribution in [1.82, 2.24) is 0 Å². The van der Waals surface area contributed by atoms with E-state index < -0.39 is 17.8 Å². The second kappa shape index (κ2) is 21.6. The number of ether oxygens (including phenoxy) is 2. The molecule has 2 atom stereocenters. The third-order valence-corrected chi connectivity index (χ3v) is 5.65. The molecule has 0 aliphatic rings. The van der Waals surface area contributed by atoms with Gasteiger partial charge in [0, 0.05) is 13.0 Å². The molecule has 0 rings (SSSR count). The highest BCUT2D eigenvalue weighted by atomic mass is 16.6. The fourth-order valence-electron chi connectivity index (χ4n) is 3.72. The third-order valence-electron chi connectivity index (χ3n) is 5.65. The number of carbonyl (C=O) groups is 1. The van der Waals surface area contributed by atoms with Crippen molar-refractivity contribution in [2.45, 2.75) is 148 Å². The van der Waals surface area contributed by atoms with E-state index in [0.29, 0.717) is 32.3 Å². The molecule has 0 radical (unpaired) electrons. The van der Waals surface area contributed by atoms with Crippen LogP contribution in [0.15, 0.2) is 12.2 Å². The number of hydrogen-bond acceptors (Lipinski definition) is 5. The average Bonchev–Trinajstić information content (AvgIpc) is 2.75. The van der Waals surface area contributed by atoms with Gasteiger partial charge in [-0.05, 0) is 65.7 Å². The number of hydrogen-bond donors (Lipinski definition) is 2. The fraction of sp³-hybridized carbons (Fsp3) is 0.893. The van der Waals surface area contributed by atoms with Crippen LogP contribution in [-0.4, -0.2) is 47.2 Å². The smallest absolute Gasteiger partial charge is 0.306 e. The molecular weight excluding hydrogens is 416 g/mol. The number of unbranched alkanes of at least 4 members (excludes halogenated alkanes) is 11. The molecule has 0 saturated heterocycles. The summed E-state index contributed by atoms with van der Waals surface area (Å²) in [6.07, 6.45) is 20.7. The summed E-state index contributed by atoms with van der Waals surface area (Å²) in [6, 6.07) is 0. The quantitative estimate of drug-likeness (QED) is 0.102. The van der Waals surface area contributed by atoms with Gasteiger partial charge in [0.05, 0.1) is 12.7 Å². The lowest BCUT2D eigenvalue weighted by Gasteiger charge is -2.22. The van der Waals surface area contributed by atoms with Crippen molar-refractivity contribution in [3.8, 4) is 0 Å². The van der Waals surface area contributed by atoms with Gasteiger partial charge in [-0.25, -0.2) is 0 Å². The molecule has 0 bridgehead atoms. The minimum atomic E-state index is -0.636. The van der Waals surface area contributed by atoms with E-state index in [9.17, 15) is 15.0 Å². The summed E-state index contributed by atoms with van der Waals surface area (Å²) in [5, 5.41) is 19.8. The maximum atomic E-state index is 11.7. The zero-order valence-corrected chi connectivity index (χ0v) is 22.2. The highest BCUT2D eigenvalue weighted by Gasteiger charge is 2.19. The number of aliphatic hydroxyl groups is 2. The largest absolute Gasteiger partial charge is 0.460 e. The number of allylic oxidation sites excluding steroid dienone is 2. The molecule has 0 aromatic carbocycles. The highest BCUT2D eigenvalue weighted by Crippen LogP contribution is 2.14. The SMILES string of the molecule is CCCCCC/C=C\CCCCCCCCC(O)[C@H](CO)OCCCCC(=O)OC(C)(C)C. The summed E-state index contributed by atoms with van der Waals surface area (Å²) >= 11 is 0. The summed E-state index contributed by atoms with van der Waals surface area (Å²) in [5.74, 6) is -0.199. The van der Waals surface area contributed by atoms with Crippen LogP contribution in [0.2, 0.25) is 0 Å². The van der Waals surface area contributed by atoms with Crippen LogP contribution in [0, 0.1) is 0 Å². The lowest BCUT2D eigenvalue weighted by molar-refractivity contribution is -0.155. The minimum Gasteiger partial charge on any atom is -0.460 e. The molecule has 0 aromatic rings. The highest BCUT2D eigenvalue weighted by molar-refractivity contribution is 5.69. The normalized spacial score (nSPS) is 14.0. The standard InChI is InChI=1S/C28H54O5/c1-5-6-7-8-9-10-11-12-13-14-15-16-17-18-21-25(30)26(24-29)32-23-20-19-22-27(31)33-28(2,3)4/h10-11,25-26,29-30H,5-9,12-24H2,1-4H3/b11-10-/t25?,26-/m0/s1. The molecule has 5 heteroatoms. The van der Waals surface area contributed by atoms with Gasteiger partial charge in [0.25, 0.3) is 0 Å². The molecule has 2 N–H and O–H groups in total. The lowest BCUT2D eigenvalue weighted by Crippen LogP contribution is -2.32. The number of aliphatic hydroxyl groups excluding tert-OH is 2. The summed E-state index contributed by atoms with van der Waals surface area (Å²) < 4.78 is 10.9. The van der Waals surface area contributed by atoms with Gasteiger partial charge in [0.1, 0.15) is 11.7 Å². The van der Waals surface area contributed by atoms with E-state index in [1.807, 2.05) is 20.8 Å². The summed E-state index contributed by atoms with van der Waals surface area (Å²) in [7, 11) is 0. The molecule has 0 heterocycles. The van der Waals surface area contributed by atoms with E-state index in [1.165, 1.54) is 64.2 Å². The van der Waals surface area contributed by atoms with Crippen molar-refractivity contribution in [1.29, 1.82) is 0 Å². The van der Waals surface area contributed by atoms with Crippen LogP contribution in [0.5, 0.6) is 0 Å². The Labute approximate surface area is 204 Å². The average molecular weight is 471 g/mol. The zero-order valence-electron chi connectivity index (χ0n) is 22.2. The van der Waals surface area contributed by atoms with Gasteiger partial charge < -0.3 is 19.7 Å². The van der Waals surface area contributed by atoms with E-state index in [4.69, 9.17) is 9.47 Å². The van der Waals surface area contributed by atoms with Crippen molar-refractivity contribution >= 4 is 5.97 Å². The van der Waals surface area contributed by atoms with E-state index in [-0.39, 0.29) is 12.6 Å². The molecular formula is C28H54O5. The van der Waals surface area contributed by atoms with Gasteiger partial charge in [-0.3, -0.25) is 4.79 Å². The maximum Gasteiger partial charge on any atom is 0.306 e. The Morgan fingerprint density at radius 3 is 2.00 bits per heavy atom. The Morgan fingerprint density at radius 1 is 0.848 bits per heavy atom. The number of carbonyl (C=O) groups excluding carboxylic acids is 1. The Kier molecular flexibility index (Phi) is 21.0. The second-order valence-corrected chi connectivity index (χ2v) is 10.2. The van der Waals surface area contributed by atoms with Crippen molar-refractivity contribution in [3.05, 3.63) is 12.2 Å². The molecule has 0 amide bonds. The molecule has 0 saturated carbocycles. The minimum absolute atomic E-state index is 0.181. The summed E-state index contributed by atoms with van der Waals surface area (Å²) in [5.41, 5.74) is -0.454. The Bertz CT molecular complexity index is 469. The molecule has 1 unspecified atom stereocenters. The second-order valence-electron chi connectivity index (χ2n) is 10.2. The first-order valence-electron chi connectivity index (χ1n) is 13.6.